The second-order valence-electron chi connectivity index (χ2n) is 7.25. The topological polar surface area (TPSA) is 59.0 Å². The fraction of sp³-hybridized carbons (Fsp3) is 0.476. The number of aliphatic imine (C=N–C) groups is 1. The van der Waals surface area contributed by atoms with Crippen molar-refractivity contribution >= 4 is 28.8 Å². The van der Waals surface area contributed by atoms with Gasteiger partial charge in [0.25, 0.3) is 0 Å². The lowest BCUT2D eigenvalue weighted by atomic mass is 9.93. The summed E-state index contributed by atoms with van der Waals surface area (Å²) in [7, 11) is 0. The quantitative estimate of drug-likeness (QED) is 0.715. The highest BCUT2D eigenvalue weighted by Gasteiger charge is 2.41. The molecule has 0 bridgehead atoms. The number of hydrogen-bond donors (Lipinski definition) is 0. The molecule has 144 valence electrons. The van der Waals surface area contributed by atoms with Crippen molar-refractivity contribution in [1.29, 1.82) is 0 Å². The normalized spacial score (nSPS) is 19.9. The molecule has 1 fully saturated rings. The second kappa shape index (κ2) is 8.30. The van der Waals surface area contributed by atoms with Crippen molar-refractivity contribution < 1.29 is 14.3 Å². The van der Waals surface area contributed by atoms with Crippen LogP contribution in [0.1, 0.15) is 51.3 Å². The van der Waals surface area contributed by atoms with Crippen molar-refractivity contribution in [3.8, 4) is 0 Å². The maximum Gasteiger partial charge on any atom is 0.338 e. The Morgan fingerprint density at radius 1 is 1.33 bits per heavy atom. The number of carbonyl (C=O) groups excluding carboxylic acids is 2. The number of carbonyl (C=O) groups is 2. The average molecular weight is 387 g/mol. The van der Waals surface area contributed by atoms with Crippen molar-refractivity contribution in [2.45, 2.75) is 46.6 Å². The lowest BCUT2D eigenvalue weighted by molar-refractivity contribution is -0.141. The lowest BCUT2D eigenvalue weighted by Crippen LogP contribution is -2.45. The minimum absolute atomic E-state index is 0.00118. The van der Waals surface area contributed by atoms with Gasteiger partial charge < -0.3 is 4.74 Å². The molecular weight excluding hydrogens is 360 g/mol. The van der Waals surface area contributed by atoms with E-state index in [1.807, 2.05) is 32.9 Å². The molecule has 1 saturated heterocycles. The van der Waals surface area contributed by atoms with E-state index in [9.17, 15) is 9.59 Å². The molecule has 2 heterocycles. The monoisotopic (exact) mass is 386 g/mol. The summed E-state index contributed by atoms with van der Waals surface area (Å²) in [5.41, 5.74) is 3.21. The van der Waals surface area contributed by atoms with E-state index in [0.29, 0.717) is 29.5 Å². The number of esters is 1. The maximum absolute atomic E-state index is 12.9. The van der Waals surface area contributed by atoms with Crippen LogP contribution in [0.3, 0.4) is 0 Å². The van der Waals surface area contributed by atoms with Crippen LogP contribution in [0.15, 0.2) is 40.5 Å². The Bertz CT molecular complexity index is 796. The van der Waals surface area contributed by atoms with Crippen molar-refractivity contribution in [1.82, 2.24) is 4.90 Å². The number of ether oxygens (including phenoxy) is 1. The number of amidine groups is 1. The summed E-state index contributed by atoms with van der Waals surface area (Å²) in [5.74, 6) is 0.568. The van der Waals surface area contributed by atoms with Gasteiger partial charge in [-0.05, 0) is 30.4 Å². The third-order valence-electron chi connectivity index (χ3n) is 4.68. The minimum Gasteiger partial charge on any atom is -0.462 e. The largest absolute Gasteiger partial charge is 0.462 e. The van der Waals surface area contributed by atoms with Crippen LogP contribution < -0.4 is 0 Å². The Labute approximate surface area is 164 Å². The van der Waals surface area contributed by atoms with E-state index < -0.39 is 12.0 Å². The highest BCUT2D eigenvalue weighted by Crippen LogP contribution is 2.40. The number of benzene rings is 1. The van der Waals surface area contributed by atoms with Gasteiger partial charge in [0.05, 0.1) is 23.9 Å². The van der Waals surface area contributed by atoms with Gasteiger partial charge in [0, 0.05) is 12.2 Å². The van der Waals surface area contributed by atoms with Gasteiger partial charge in [-0.15, -0.1) is 0 Å². The third-order valence-corrected chi connectivity index (χ3v) is 5.63. The van der Waals surface area contributed by atoms with Gasteiger partial charge in [-0.3, -0.25) is 9.69 Å². The van der Waals surface area contributed by atoms with Gasteiger partial charge in [0.1, 0.15) is 0 Å². The van der Waals surface area contributed by atoms with Crippen molar-refractivity contribution in [2.75, 3.05) is 12.4 Å². The number of thioether (sulfide) groups is 1. The zero-order chi connectivity index (χ0) is 19.6. The Kier molecular flexibility index (Phi) is 6.05. The fourth-order valence-electron chi connectivity index (χ4n) is 3.23. The summed E-state index contributed by atoms with van der Waals surface area (Å²) in [5, 5.41) is 0.675. The van der Waals surface area contributed by atoms with Crippen LogP contribution in [0.5, 0.6) is 0 Å². The molecule has 0 aliphatic carbocycles. The first-order valence-corrected chi connectivity index (χ1v) is 10.4. The number of allylic oxidation sites excluding steroid dienone is 1. The minimum atomic E-state index is -0.483. The second-order valence-corrected chi connectivity index (χ2v) is 8.31. The van der Waals surface area contributed by atoms with Crippen molar-refractivity contribution in [2.24, 2.45) is 10.9 Å². The summed E-state index contributed by atoms with van der Waals surface area (Å²) < 4.78 is 5.51. The van der Waals surface area contributed by atoms with E-state index in [0.717, 1.165) is 17.7 Å². The van der Waals surface area contributed by atoms with Crippen LogP contribution in [-0.2, 0) is 20.7 Å². The molecule has 1 amide bonds. The van der Waals surface area contributed by atoms with Crippen LogP contribution >= 0.6 is 11.8 Å². The van der Waals surface area contributed by atoms with Crippen LogP contribution in [0.4, 0.5) is 0 Å². The first-order valence-electron chi connectivity index (χ1n) is 9.42. The molecule has 1 aromatic carbocycles. The summed E-state index contributed by atoms with van der Waals surface area (Å²) in [6, 6.07) is 7.62. The van der Waals surface area contributed by atoms with E-state index in [1.54, 1.807) is 16.7 Å². The van der Waals surface area contributed by atoms with Gasteiger partial charge in [-0.25, -0.2) is 9.79 Å². The van der Waals surface area contributed by atoms with Crippen molar-refractivity contribution in [3.63, 3.8) is 0 Å². The molecule has 2 aliphatic rings. The summed E-state index contributed by atoms with van der Waals surface area (Å²) in [4.78, 5) is 31.9. The molecule has 0 saturated carbocycles. The number of nitrogens with zero attached hydrogens (tertiary/aromatic N) is 2. The molecule has 0 N–H and O–H groups in total. The fourth-order valence-corrected chi connectivity index (χ4v) is 4.24. The lowest BCUT2D eigenvalue weighted by Gasteiger charge is -2.39. The van der Waals surface area contributed by atoms with Crippen molar-refractivity contribution in [3.05, 3.63) is 46.7 Å². The number of fused-ring (bicyclic) bond motifs is 1. The smallest absolute Gasteiger partial charge is 0.338 e. The molecule has 5 nitrogen and oxygen atoms in total. The Morgan fingerprint density at radius 3 is 2.67 bits per heavy atom. The molecule has 0 radical (unpaired) electrons. The first kappa shape index (κ1) is 19.7. The molecule has 6 heteroatoms. The number of aryl methyl sites for hydroxylation is 1. The molecular formula is C21H26N2O3S. The van der Waals surface area contributed by atoms with Gasteiger partial charge in [0.15, 0.2) is 5.17 Å². The molecule has 1 atom stereocenters. The SMILES string of the molecule is CCc1ccc([C@H]2C(C(=O)OCC(C)C)=C(C)N=C3SCCC(=O)N32)cc1. The van der Waals surface area contributed by atoms with Gasteiger partial charge in [-0.1, -0.05) is 56.8 Å². The highest BCUT2D eigenvalue weighted by molar-refractivity contribution is 8.14. The Morgan fingerprint density at radius 2 is 2.04 bits per heavy atom. The standard InChI is InChI=1S/C21H26N2O3S/c1-5-15-6-8-16(9-7-15)19-18(20(25)26-12-13(2)3)14(4)22-21-23(19)17(24)10-11-27-21/h6-9,13,19H,5,10-12H2,1-4H3/t19-/m0/s1. The first-order chi connectivity index (χ1) is 12.9. The summed E-state index contributed by atoms with van der Waals surface area (Å²) in [6.45, 7) is 8.26. The predicted octanol–water partition coefficient (Wildman–Crippen LogP) is 4.10. The zero-order valence-corrected chi connectivity index (χ0v) is 17.1. The summed E-state index contributed by atoms with van der Waals surface area (Å²) >= 11 is 1.56. The number of amides is 1. The molecule has 2 aliphatic heterocycles. The molecule has 3 rings (SSSR count). The average Bonchev–Trinajstić information content (AvgIpc) is 2.65. The van der Waals surface area contributed by atoms with E-state index in [-0.39, 0.29) is 11.8 Å². The number of hydrogen-bond acceptors (Lipinski definition) is 5. The Balaban J connectivity index is 2.05. The highest BCUT2D eigenvalue weighted by atomic mass is 32.2. The van der Waals surface area contributed by atoms with E-state index in [2.05, 4.69) is 24.0 Å². The summed E-state index contributed by atoms with van der Waals surface area (Å²) in [6.07, 6.45) is 1.38. The molecule has 0 aromatic heterocycles. The zero-order valence-electron chi connectivity index (χ0n) is 16.3. The van der Waals surface area contributed by atoms with Crippen LogP contribution in [-0.4, -0.2) is 34.3 Å². The van der Waals surface area contributed by atoms with Gasteiger partial charge in [-0.2, -0.15) is 0 Å². The third kappa shape index (κ3) is 4.10. The number of rotatable bonds is 5. The van der Waals surface area contributed by atoms with Crippen LogP contribution in [0.25, 0.3) is 0 Å². The van der Waals surface area contributed by atoms with Gasteiger partial charge in [0.2, 0.25) is 5.91 Å². The van der Waals surface area contributed by atoms with Crippen LogP contribution in [0.2, 0.25) is 0 Å². The predicted molar refractivity (Wildman–Crippen MR) is 108 cm³/mol. The maximum atomic E-state index is 12.9. The molecule has 27 heavy (non-hydrogen) atoms. The van der Waals surface area contributed by atoms with Crippen LogP contribution in [0, 0.1) is 5.92 Å². The van der Waals surface area contributed by atoms with Gasteiger partial charge >= 0.3 is 5.97 Å². The molecule has 0 unspecified atom stereocenters. The molecule has 1 aromatic rings. The van der Waals surface area contributed by atoms with E-state index in [4.69, 9.17) is 4.74 Å². The Hall–Kier alpha value is -2.08. The van der Waals surface area contributed by atoms with E-state index >= 15 is 0 Å². The van der Waals surface area contributed by atoms with E-state index in [1.165, 1.54) is 5.56 Å². The molecule has 0 spiro atoms.